The Morgan fingerprint density at radius 2 is 1.77 bits per heavy atom. The fourth-order valence-corrected chi connectivity index (χ4v) is 4.89. The summed E-state index contributed by atoms with van der Waals surface area (Å²) in [5.74, 6) is -2.30. The molecule has 1 fully saturated rings. The Hall–Kier alpha value is -3.65. The Morgan fingerprint density at radius 1 is 1.14 bits per heavy atom. The van der Waals surface area contributed by atoms with E-state index in [-0.39, 0.29) is 31.6 Å². The SMILES string of the molecule is C=CCCC(NC(=O)OCC1c2ccccc2-c2ccccc21)C(=O)N(C)C1COCC1C(=O)O. The van der Waals surface area contributed by atoms with Gasteiger partial charge < -0.3 is 24.8 Å². The highest BCUT2D eigenvalue weighted by Gasteiger charge is 2.40. The van der Waals surface area contributed by atoms with Gasteiger partial charge in [0.2, 0.25) is 5.91 Å². The summed E-state index contributed by atoms with van der Waals surface area (Å²) in [6.07, 6.45) is 1.79. The summed E-state index contributed by atoms with van der Waals surface area (Å²) in [5, 5.41) is 12.1. The van der Waals surface area contributed by atoms with Crippen molar-refractivity contribution >= 4 is 18.0 Å². The van der Waals surface area contributed by atoms with Crippen molar-refractivity contribution in [3.8, 4) is 11.1 Å². The molecule has 4 rings (SSSR count). The number of benzene rings is 2. The molecule has 35 heavy (non-hydrogen) atoms. The second-order valence-corrected chi connectivity index (χ2v) is 8.89. The van der Waals surface area contributed by atoms with Gasteiger partial charge in [0.25, 0.3) is 0 Å². The lowest BCUT2D eigenvalue weighted by molar-refractivity contribution is -0.145. The number of alkyl carbamates (subject to hydrolysis) is 1. The number of allylic oxidation sites excluding steroid dienone is 1. The van der Waals surface area contributed by atoms with E-state index in [1.807, 2.05) is 36.4 Å². The Morgan fingerprint density at radius 3 is 2.37 bits per heavy atom. The fraction of sp³-hybridized carbons (Fsp3) is 0.370. The summed E-state index contributed by atoms with van der Waals surface area (Å²) in [5.41, 5.74) is 4.46. The van der Waals surface area contributed by atoms with E-state index >= 15 is 0 Å². The van der Waals surface area contributed by atoms with Gasteiger partial charge in [-0.15, -0.1) is 6.58 Å². The molecule has 3 unspecified atom stereocenters. The number of carboxylic acids is 1. The number of amides is 2. The van der Waals surface area contributed by atoms with Gasteiger partial charge in [-0.25, -0.2) is 4.79 Å². The molecular weight excluding hydrogens is 448 g/mol. The van der Waals surface area contributed by atoms with Crippen molar-refractivity contribution in [1.29, 1.82) is 0 Å². The molecule has 8 nitrogen and oxygen atoms in total. The second kappa shape index (κ2) is 10.7. The van der Waals surface area contributed by atoms with E-state index in [0.717, 1.165) is 22.3 Å². The van der Waals surface area contributed by atoms with E-state index in [9.17, 15) is 19.5 Å². The summed E-state index contributed by atoms with van der Waals surface area (Å²) in [6, 6.07) is 14.6. The third kappa shape index (κ3) is 5.07. The summed E-state index contributed by atoms with van der Waals surface area (Å²) in [6.45, 7) is 4.02. The number of carbonyl (C=O) groups is 3. The van der Waals surface area contributed by atoms with E-state index in [2.05, 4.69) is 24.0 Å². The molecule has 2 amide bonds. The lowest BCUT2D eigenvalue weighted by atomic mass is 9.98. The smallest absolute Gasteiger partial charge is 0.407 e. The fourth-order valence-electron chi connectivity index (χ4n) is 4.89. The average Bonchev–Trinajstić information content (AvgIpc) is 3.48. The summed E-state index contributed by atoms with van der Waals surface area (Å²) >= 11 is 0. The minimum atomic E-state index is -1.01. The van der Waals surface area contributed by atoms with Gasteiger partial charge in [0, 0.05) is 13.0 Å². The lowest BCUT2D eigenvalue weighted by Gasteiger charge is -2.30. The van der Waals surface area contributed by atoms with Crippen LogP contribution < -0.4 is 5.32 Å². The van der Waals surface area contributed by atoms with Crippen molar-refractivity contribution in [1.82, 2.24) is 10.2 Å². The first kappa shape index (κ1) is 24.5. The normalized spacial score (nSPS) is 19.3. The van der Waals surface area contributed by atoms with Crippen molar-refractivity contribution in [2.45, 2.75) is 30.8 Å². The highest BCUT2D eigenvalue weighted by Crippen LogP contribution is 2.44. The second-order valence-electron chi connectivity index (χ2n) is 8.89. The number of aliphatic carboxylic acids is 1. The molecule has 184 valence electrons. The number of nitrogens with zero attached hydrogens (tertiary/aromatic N) is 1. The monoisotopic (exact) mass is 478 g/mol. The zero-order valence-corrected chi connectivity index (χ0v) is 19.7. The number of carbonyl (C=O) groups excluding carboxylic acids is 2. The lowest BCUT2D eigenvalue weighted by Crippen LogP contribution is -2.53. The molecule has 2 N–H and O–H groups in total. The van der Waals surface area contributed by atoms with Crippen LogP contribution in [0.1, 0.15) is 29.9 Å². The highest BCUT2D eigenvalue weighted by molar-refractivity contribution is 5.86. The minimum Gasteiger partial charge on any atom is -0.481 e. The molecule has 1 heterocycles. The number of nitrogens with one attached hydrogen (secondary N) is 1. The largest absolute Gasteiger partial charge is 0.481 e. The van der Waals surface area contributed by atoms with Crippen LogP contribution in [0, 0.1) is 5.92 Å². The molecule has 1 aliphatic heterocycles. The van der Waals surface area contributed by atoms with Crippen molar-refractivity contribution in [3.05, 3.63) is 72.3 Å². The molecule has 2 aromatic rings. The molecule has 2 aliphatic rings. The van der Waals surface area contributed by atoms with Gasteiger partial charge in [0.15, 0.2) is 0 Å². The predicted octanol–water partition coefficient (Wildman–Crippen LogP) is 3.42. The molecule has 1 saturated heterocycles. The topological polar surface area (TPSA) is 105 Å². The van der Waals surface area contributed by atoms with Crippen molar-refractivity contribution in [2.24, 2.45) is 5.92 Å². The summed E-state index contributed by atoms with van der Waals surface area (Å²) in [4.78, 5) is 38.9. The van der Waals surface area contributed by atoms with Gasteiger partial charge in [0.1, 0.15) is 18.6 Å². The molecule has 0 radical (unpaired) electrons. The molecule has 0 aromatic heterocycles. The van der Waals surface area contributed by atoms with Crippen LogP contribution in [0.25, 0.3) is 11.1 Å². The predicted molar refractivity (Wildman–Crippen MR) is 130 cm³/mol. The third-order valence-corrected chi connectivity index (χ3v) is 6.81. The standard InChI is InChI=1S/C27H30N2O6/c1-3-4-13-23(25(30)29(2)24-16-34-14-22(24)26(31)32)28-27(33)35-15-21-19-11-7-5-9-17(19)18-10-6-8-12-20(18)21/h3,5-12,21-24H,1,4,13-16H2,2H3,(H,28,33)(H,31,32). The average molecular weight is 479 g/mol. The maximum atomic E-state index is 13.2. The maximum absolute atomic E-state index is 13.2. The van der Waals surface area contributed by atoms with Crippen LogP contribution in [0.4, 0.5) is 4.79 Å². The van der Waals surface area contributed by atoms with Crippen molar-refractivity contribution in [3.63, 3.8) is 0 Å². The molecule has 2 aromatic carbocycles. The first-order valence-electron chi connectivity index (χ1n) is 11.7. The highest BCUT2D eigenvalue weighted by atomic mass is 16.5. The molecule has 3 atom stereocenters. The van der Waals surface area contributed by atoms with Crippen LogP contribution in [-0.4, -0.2) is 66.9 Å². The van der Waals surface area contributed by atoms with Gasteiger partial charge in [-0.3, -0.25) is 9.59 Å². The van der Waals surface area contributed by atoms with E-state index < -0.39 is 30.1 Å². The third-order valence-electron chi connectivity index (χ3n) is 6.81. The van der Waals surface area contributed by atoms with Crippen LogP contribution >= 0.6 is 0 Å². The first-order chi connectivity index (χ1) is 16.9. The quantitative estimate of drug-likeness (QED) is 0.535. The van der Waals surface area contributed by atoms with E-state index in [0.29, 0.717) is 12.8 Å². The molecule has 0 saturated carbocycles. The van der Waals surface area contributed by atoms with Crippen LogP contribution in [0.2, 0.25) is 0 Å². The first-order valence-corrected chi connectivity index (χ1v) is 11.7. The van der Waals surface area contributed by atoms with Crippen molar-refractivity contribution in [2.75, 3.05) is 26.9 Å². The number of hydrogen-bond donors (Lipinski definition) is 2. The Labute approximate surface area is 204 Å². The molecule has 8 heteroatoms. The Balaban J connectivity index is 1.42. The Bertz CT molecular complexity index is 1070. The van der Waals surface area contributed by atoms with E-state index in [4.69, 9.17) is 9.47 Å². The molecular formula is C27H30N2O6. The summed E-state index contributed by atoms with van der Waals surface area (Å²) in [7, 11) is 1.54. The number of fused-ring (bicyclic) bond motifs is 3. The summed E-state index contributed by atoms with van der Waals surface area (Å²) < 4.78 is 10.9. The number of likely N-dealkylation sites (N-methyl/N-ethyl adjacent to an activating group) is 1. The van der Waals surface area contributed by atoms with Crippen LogP contribution in [0.5, 0.6) is 0 Å². The van der Waals surface area contributed by atoms with E-state index in [1.54, 1.807) is 6.08 Å². The van der Waals surface area contributed by atoms with Gasteiger partial charge >= 0.3 is 12.1 Å². The van der Waals surface area contributed by atoms with Crippen LogP contribution in [0.3, 0.4) is 0 Å². The number of ether oxygens (including phenoxy) is 2. The van der Waals surface area contributed by atoms with Gasteiger partial charge in [-0.2, -0.15) is 0 Å². The number of rotatable bonds is 9. The van der Waals surface area contributed by atoms with Crippen molar-refractivity contribution < 1.29 is 29.0 Å². The maximum Gasteiger partial charge on any atom is 0.407 e. The molecule has 0 bridgehead atoms. The van der Waals surface area contributed by atoms with Crippen LogP contribution in [0.15, 0.2) is 61.2 Å². The van der Waals surface area contributed by atoms with Crippen LogP contribution in [-0.2, 0) is 19.1 Å². The Kier molecular flexibility index (Phi) is 7.51. The van der Waals surface area contributed by atoms with Gasteiger partial charge in [-0.1, -0.05) is 54.6 Å². The zero-order chi connectivity index (χ0) is 24.9. The van der Waals surface area contributed by atoms with Gasteiger partial charge in [-0.05, 0) is 35.1 Å². The van der Waals surface area contributed by atoms with Gasteiger partial charge in [0.05, 0.1) is 19.3 Å². The number of hydrogen-bond acceptors (Lipinski definition) is 5. The van der Waals surface area contributed by atoms with E-state index in [1.165, 1.54) is 11.9 Å². The number of carboxylic acid groups (broad SMARTS) is 1. The minimum absolute atomic E-state index is 0.0503. The zero-order valence-electron chi connectivity index (χ0n) is 19.7. The molecule has 1 aliphatic carbocycles. The molecule has 0 spiro atoms.